The zero-order valence-corrected chi connectivity index (χ0v) is 11.1. The Kier molecular flexibility index (Phi) is 3.84. The summed E-state index contributed by atoms with van der Waals surface area (Å²) in [5, 5.41) is 18.4. The lowest BCUT2D eigenvalue weighted by Gasteiger charge is -2.13. The van der Waals surface area contributed by atoms with Crippen LogP contribution in [0.2, 0.25) is 0 Å². The largest absolute Gasteiger partial charge is 0.394 e. The second kappa shape index (κ2) is 5.07. The third-order valence-electron chi connectivity index (χ3n) is 2.71. The fourth-order valence-corrected chi connectivity index (χ4v) is 2.26. The van der Waals surface area contributed by atoms with Crippen LogP contribution in [0.3, 0.4) is 0 Å². The van der Waals surface area contributed by atoms with Crippen LogP contribution >= 0.6 is 22.6 Å². The quantitative estimate of drug-likeness (QED) is 0.453. The van der Waals surface area contributed by atoms with Crippen molar-refractivity contribution in [3.63, 3.8) is 0 Å². The Morgan fingerprint density at radius 3 is 2.78 bits per heavy atom. The average Bonchev–Trinajstić information content (AvgIpc) is 2.67. The summed E-state index contributed by atoms with van der Waals surface area (Å²) in [6.07, 6.45) is -3.04. The number of halogens is 2. The van der Waals surface area contributed by atoms with Crippen LogP contribution in [0.15, 0.2) is 9.59 Å². The summed E-state index contributed by atoms with van der Waals surface area (Å²) >= 11 is 1.50. The van der Waals surface area contributed by atoms with Crippen molar-refractivity contribution in [2.24, 2.45) is 0 Å². The first-order valence-electron chi connectivity index (χ1n) is 5.10. The molecule has 1 saturated heterocycles. The predicted octanol–water partition coefficient (Wildman–Crippen LogP) is -1.08. The van der Waals surface area contributed by atoms with E-state index in [1.807, 2.05) is 0 Å². The summed E-state index contributed by atoms with van der Waals surface area (Å²) < 4.78 is 18.9. The molecule has 0 saturated carbocycles. The molecular weight excluding hydrogens is 362 g/mol. The van der Waals surface area contributed by atoms with Crippen LogP contribution in [0, 0.1) is 9.52 Å². The summed E-state index contributed by atoms with van der Waals surface area (Å²) in [6, 6.07) is 0. The van der Waals surface area contributed by atoms with Crippen molar-refractivity contribution in [3.05, 3.63) is 30.4 Å². The first kappa shape index (κ1) is 13.6. The zero-order chi connectivity index (χ0) is 13.4. The highest BCUT2D eigenvalue weighted by Crippen LogP contribution is 2.26. The van der Waals surface area contributed by atoms with Gasteiger partial charge in [-0.1, -0.05) is 0 Å². The van der Waals surface area contributed by atoms with Gasteiger partial charge in [0.25, 0.3) is 5.56 Å². The van der Waals surface area contributed by atoms with Gasteiger partial charge in [-0.15, -0.1) is 0 Å². The Labute approximate surface area is 113 Å². The second-order valence-corrected chi connectivity index (χ2v) is 4.93. The van der Waals surface area contributed by atoms with E-state index in [-0.39, 0.29) is 10.1 Å². The van der Waals surface area contributed by atoms with E-state index in [4.69, 9.17) is 9.84 Å². The Hall–Kier alpha value is -0.780. The maximum absolute atomic E-state index is 13.4. The molecule has 3 atom stereocenters. The highest BCUT2D eigenvalue weighted by Gasteiger charge is 2.36. The molecule has 1 aromatic rings. The van der Waals surface area contributed by atoms with Gasteiger partial charge >= 0.3 is 5.69 Å². The minimum absolute atomic E-state index is 0.0613. The fraction of sp³-hybridized carbons (Fsp3) is 0.556. The van der Waals surface area contributed by atoms with E-state index in [0.717, 1.165) is 0 Å². The van der Waals surface area contributed by atoms with Gasteiger partial charge in [0, 0.05) is 6.42 Å². The van der Waals surface area contributed by atoms with Crippen LogP contribution in [-0.2, 0) is 4.74 Å². The van der Waals surface area contributed by atoms with Gasteiger partial charge in [0.05, 0.1) is 12.7 Å². The van der Waals surface area contributed by atoms with Gasteiger partial charge in [0.15, 0.2) is 0 Å². The fourth-order valence-electron chi connectivity index (χ4n) is 1.80. The van der Waals surface area contributed by atoms with Crippen LogP contribution in [0.4, 0.5) is 4.39 Å². The molecule has 0 radical (unpaired) electrons. The topological polar surface area (TPSA) is 105 Å². The summed E-state index contributed by atoms with van der Waals surface area (Å²) in [6.45, 7) is -0.447. The Morgan fingerprint density at radius 1 is 1.56 bits per heavy atom. The smallest absolute Gasteiger partial charge is 0.331 e. The van der Waals surface area contributed by atoms with E-state index in [9.17, 15) is 19.1 Å². The molecule has 1 fully saturated rings. The molecule has 2 heterocycles. The molecule has 1 aliphatic heterocycles. The molecule has 1 unspecified atom stereocenters. The number of aliphatic hydroxyl groups is 2. The lowest BCUT2D eigenvalue weighted by molar-refractivity contribution is -0.0473. The minimum atomic E-state index is -1.11. The number of hydrogen-bond acceptors (Lipinski definition) is 5. The second-order valence-electron chi connectivity index (χ2n) is 3.85. The lowest BCUT2D eigenvalue weighted by Crippen LogP contribution is -2.40. The molecule has 1 aliphatic rings. The van der Waals surface area contributed by atoms with Gasteiger partial charge in [0.2, 0.25) is 5.82 Å². The first-order chi connectivity index (χ1) is 8.45. The van der Waals surface area contributed by atoms with Gasteiger partial charge in [-0.3, -0.25) is 9.78 Å². The van der Waals surface area contributed by atoms with E-state index in [1.165, 1.54) is 22.6 Å². The van der Waals surface area contributed by atoms with Gasteiger partial charge < -0.3 is 14.9 Å². The summed E-state index contributed by atoms with van der Waals surface area (Å²) in [5.41, 5.74) is -1.93. The highest BCUT2D eigenvalue weighted by atomic mass is 127. The number of H-pyrrole nitrogens is 1. The molecule has 9 heteroatoms. The molecule has 1 aromatic heterocycles. The van der Waals surface area contributed by atoms with E-state index in [1.54, 1.807) is 0 Å². The van der Waals surface area contributed by atoms with E-state index < -0.39 is 42.1 Å². The maximum atomic E-state index is 13.4. The number of hydrogen-bond donors (Lipinski definition) is 3. The Bertz CT molecular complexity index is 571. The third-order valence-corrected chi connectivity index (χ3v) is 3.45. The van der Waals surface area contributed by atoms with Crippen molar-refractivity contribution in [2.75, 3.05) is 6.61 Å². The average molecular weight is 372 g/mol. The Balaban J connectivity index is 2.45. The monoisotopic (exact) mass is 372 g/mol. The predicted molar refractivity (Wildman–Crippen MR) is 65.6 cm³/mol. The van der Waals surface area contributed by atoms with Crippen LogP contribution in [-0.4, -0.2) is 38.6 Å². The first-order valence-corrected chi connectivity index (χ1v) is 6.17. The zero-order valence-electron chi connectivity index (χ0n) is 8.97. The van der Waals surface area contributed by atoms with Gasteiger partial charge in [-0.2, -0.15) is 4.39 Å². The van der Waals surface area contributed by atoms with Crippen LogP contribution in [0.5, 0.6) is 0 Å². The standard InChI is InChI=1S/C9H10FIN2O5/c10-6-7(11)12-9(17)13(8(6)16)5-1-3(15)4(2-14)18-5/h3-5,14-15H,1-2H2,(H,12,17)/t3-,4+,5?/m0/s1. The number of ether oxygens (including phenoxy) is 1. The number of nitrogens with zero attached hydrogens (tertiary/aromatic N) is 1. The van der Waals surface area contributed by atoms with Crippen LogP contribution in [0.1, 0.15) is 12.6 Å². The number of aliphatic hydroxyl groups excluding tert-OH is 2. The van der Waals surface area contributed by atoms with Crippen molar-refractivity contribution >= 4 is 22.6 Å². The van der Waals surface area contributed by atoms with Crippen molar-refractivity contribution in [3.8, 4) is 0 Å². The van der Waals surface area contributed by atoms with E-state index in [0.29, 0.717) is 4.57 Å². The molecule has 100 valence electrons. The lowest BCUT2D eigenvalue weighted by atomic mass is 10.2. The number of aromatic nitrogens is 2. The highest BCUT2D eigenvalue weighted by molar-refractivity contribution is 14.1. The molecule has 2 rings (SSSR count). The molecule has 3 N–H and O–H groups in total. The molecule has 0 aliphatic carbocycles. The molecule has 0 amide bonds. The van der Waals surface area contributed by atoms with Crippen molar-refractivity contribution < 1.29 is 19.3 Å². The number of nitrogens with one attached hydrogen (secondary N) is 1. The molecule has 0 bridgehead atoms. The number of rotatable bonds is 2. The van der Waals surface area contributed by atoms with Gasteiger partial charge in [-0.25, -0.2) is 9.36 Å². The summed E-state index contributed by atoms with van der Waals surface area (Å²) in [5.74, 6) is -1.08. The molecule has 7 nitrogen and oxygen atoms in total. The SMILES string of the molecule is O=c1[nH]c(I)c(F)c(=O)n1C1C[C@H](O)[C@@H](CO)O1. The van der Waals surface area contributed by atoms with Crippen molar-refractivity contribution in [1.82, 2.24) is 9.55 Å². The number of aromatic amines is 1. The van der Waals surface area contributed by atoms with Crippen LogP contribution in [0.25, 0.3) is 0 Å². The molecule has 0 spiro atoms. The van der Waals surface area contributed by atoms with Crippen molar-refractivity contribution in [2.45, 2.75) is 24.9 Å². The van der Waals surface area contributed by atoms with Gasteiger partial charge in [0.1, 0.15) is 16.0 Å². The summed E-state index contributed by atoms with van der Waals surface area (Å²) in [7, 11) is 0. The van der Waals surface area contributed by atoms with Crippen LogP contribution < -0.4 is 11.2 Å². The Morgan fingerprint density at radius 2 is 2.22 bits per heavy atom. The van der Waals surface area contributed by atoms with E-state index >= 15 is 0 Å². The van der Waals surface area contributed by atoms with Gasteiger partial charge in [-0.05, 0) is 22.6 Å². The molecule has 0 aromatic carbocycles. The molecule has 18 heavy (non-hydrogen) atoms. The normalized spacial score (nSPS) is 27.7. The van der Waals surface area contributed by atoms with E-state index in [2.05, 4.69) is 4.98 Å². The summed E-state index contributed by atoms with van der Waals surface area (Å²) in [4.78, 5) is 25.4. The maximum Gasteiger partial charge on any atom is 0.331 e. The minimum Gasteiger partial charge on any atom is -0.394 e. The third kappa shape index (κ3) is 2.22. The molecular formula is C9H10FIN2O5. The van der Waals surface area contributed by atoms with Crippen molar-refractivity contribution in [1.29, 1.82) is 0 Å².